The minimum Gasteiger partial charge on any atom is -0.394 e. The first-order chi connectivity index (χ1) is 8.78. The van der Waals surface area contributed by atoms with Crippen molar-refractivity contribution in [3.05, 3.63) is 35.9 Å². The van der Waals surface area contributed by atoms with Gasteiger partial charge in [0.2, 0.25) is 0 Å². The highest BCUT2D eigenvalue weighted by atomic mass is 16.3. The zero-order chi connectivity index (χ0) is 12.8. The van der Waals surface area contributed by atoms with Gasteiger partial charge in [-0.25, -0.2) is 0 Å². The van der Waals surface area contributed by atoms with Crippen molar-refractivity contribution in [2.45, 2.75) is 51.1 Å². The van der Waals surface area contributed by atoms with Gasteiger partial charge in [-0.05, 0) is 37.2 Å². The molecule has 18 heavy (non-hydrogen) atoms. The summed E-state index contributed by atoms with van der Waals surface area (Å²) in [7, 11) is 0. The van der Waals surface area contributed by atoms with Crippen LogP contribution in [0.1, 0.15) is 44.6 Å². The molecule has 1 aromatic rings. The van der Waals surface area contributed by atoms with Gasteiger partial charge in [0.05, 0.1) is 6.61 Å². The quantitative estimate of drug-likeness (QED) is 0.838. The normalized spacial score (nSPS) is 28.2. The lowest BCUT2D eigenvalue weighted by Gasteiger charge is -2.39. The summed E-state index contributed by atoms with van der Waals surface area (Å²) in [5.74, 6) is 0.864. The fraction of sp³-hybridized carbons (Fsp3) is 0.625. The number of aliphatic hydroxyl groups is 1. The Morgan fingerprint density at radius 2 is 1.89 bits per heavy atom. The Bertz CT molecular complexity index is 341. The average Bonchev–Trinajstić information content (AvgIpc) is 2.47. The van der Waals surface area contributed by atoms with Crippen LogP contribution < -0.4 is 5.32 Å². The van der Waals surface area contributed by atoms with E-state index in [2.05, 4.69) is 36.5 Å². The second-order valence-electron chi connectivity index (χ2n) is 5.63. The van der Waals surface area contributed by atoms with Gasteiger partial charge in [0, 0.05) is 12.1 Å². The maximum absolute atomic E-state index is 9.72. The molecule has 0 unspecified atom stereocenters. The van der Waals surface area contributed by atoms with Crippen LogP contribution >= 0.6 is 0 Å². The van der Waals surface area contributed by atoms with Crippen molar-refractivity contribution < 1.29 is 5.11 Å². The largest absolute Gasteiger partial charge is 0.394 e. The van der Waals surface area contributed by atoms with Crippen molar-refractivity contribution in [1.29, 1.82) is 0 Å². The lowest BCUT2D eigenvalue weighted by atomic mass is 9.76. The summed E-state index contributed by atoms with van der Waals surface area (Å²) in [6.45, 7) is 3.39. The van der Waals surface area contributed by atoms with E-state index in [1.807, 2.05) is 6.07 Å². The molecule has 1 aromatic carbocycles. The summed E-state index contributed by atoms with van der Waals surface area (Å²) >= 11 is 0. The van der Waals surface area contributed by atoms with Crippen LogP contribution in [0.4, 0.5) is 0 Å². The van der Waals surface area contributed by atoms with Crippen LogP contribution in [0.25, 0.3) is 0 Å². The van der Waals surface area contributed by atoms with E-state index < -0.39 is 0 Å². The molecule has 0 saturated heterocycles. The molecule has 2 nitrogen and oxygen atoms in total. The zero-order valence-electron chi connectivity index (χ0n) is 11.4. The maximum atomic E-state index is 9.72. The number of aliphatic hydroxyl groups excluding tert-OH is 1. The molecule has 2 rings (SSSR count). The fourth-order valence-electron chi connectivity index (χ4n) is 2.91. The number of rotatable bonds is 5. The molecule has 100 valence electrons. The van der Waals surface area contributed by atoms with Crippen molar-refractivity contribution in [3.63, 3.8) is 0 Å². The molecule has 1 aliphatic carbocycles. The van der Waals surface area contributed by atoms with E-state index in [-0.39, 0.29) is 12.1 Å². The number of hydrogen-bond donors (Lipinski definition) is 2. The van der Waals surface area contributed by atoms with E-state index in [4.69, 9.17) is 0 Å². The molecule has 0 amide bonds. The molecule has 0 spiro atoms. The van der Waals surface area contributed by atoms with Crippen molar-refractivity contribution in [2.75, 3.05) is 6.61 Å². The summed E-state index contributed by atoms with van der Waals surface area (Å²) in [5.41, 5.74) is 1.25. The van der Waals surface area contributed by atoms with Gasteiger partial charge >= 0.3 is 0 Å². The Morgan fingerprint density at radius 3 is 2.44 bits per heavy atom. The third-order valence-electron chi connectivity index (χ3n) is 4.45. The van der Waals surface area contributed by atoms with Gasteiger partial charge in [0.1, 0.15) is 0 Å². The van der Waals surface area contributed by atoms with Crippen LogP contribution in [-0.2, 0) is 6.54 Å². The summed E-state index contributed by atoms with van der Waals surface area (Å²) < 4.78 is 0. The number of hydrogen-bond acceptors (Lipinski definition) is 2. The van der Waals surface area contributed by atoms with E-state index in [0.717, 1.165) is 25.3 Å². The smallest absolute Gasteiger partial charge is 0.0613 e. The van der Waals surface area contributed by atoms with Crippen LogP contribution in [-0.4, -0.2) is 17.3 Å². The first-order valence-corrected chi connectivity index (χ1v) is 7.18. The Morgan fingerprint density at radius 1 is 1.22 bits per heavy atom. The van der Waals surface area contributed by atoms with Gasteiger partial charge in [0.25, 0.3) is 0 Å². The zero-order valence-corrected chi connectivity index (χ0v) is 11.4. The summed E-state index contributed by atoms with van der Waals surface area (Å²) in [5, 5.41) is 13.3. The van der Waals surface area contributed by atoms with E-state index >= 15 is 0 Å². The summed E-state index contributed by atoms with van der Waals surface area (Å²) in [4.78, 5) is 0. The van der Waals surface area contributed by atoms with E-state index in [9.17, 15) is 5.11 Å². The fourth-order valence-corrected chi connectivity index (χ4v) is 2.91. The molecule has 0 aliphatic heterocycles. The molecule has 0 bridgehead atoms. The maximum Gasteiger partial charge on any atom is 0.0613 e. The van der Waals surface area contributed by atoms with Crippen LogP contribution in [0.2, 0.25) is 0 Å². The molecule has 1 aliphatic rings. The monoisotopic (exact) mass is 247 g/mol. The number of nitrogens with one attached hydrogen (secondary N) is 1. The lowest BCUT2D eigenvalue weighted by molar-refractivity contribution is 0.0998. The SMILES string of the molecule is CCC1CCC(CO)(NCc2ccccc2)CC1. The predicted molar refractivity (Wildman–Crippen MR) is 75.3 cm³/mol. The Balaban J connectivity index is 1.89. The third-order valence-corrected chi connectivity index (χ3v) is 4.45. The van der Waals surface area contributed by atoms with E-state index in [1.165, 1.54) is 24.8 Å². The second kappa shape index (κ2) is 6.35. The Hall–Kier alpha value is -0.860. The molecular weight excluding hydrogens is 222 g/mol. The molecule has 2 heteroatoms. The summed E-state index contributed by atoms with van der Waals surface area (Å²) in [6, 6.07) is 10.4. The van der Waals surface area contributed by atoms with Crippen molar-refractivity contribution in [1.82, 2.24) is 5.32 Å². The van der Waals surface area contributed by atoms with Gasteiger partial charge in [0.15, 0.2) is 0 Å². The van der Waals surface area contributed by atoms with Crippen molar-refractivity contribution >= 4 is 0 Å². The van der Waals surface area contributed by atoms with Gasteiger partial charge in [-0.3, -0.25) is 0 Å². The Labute approximate surface area is 110 Å². The topological polar surface area (TPSA) is 32.3 Å². The highest BCUT2D eigenvalue weighted by Gasteiger charge is 2.33. The minimum absolute atomic E-state index is 0.0402. The number of benzene rings is 1. The molecule has 0 atom stereocenters. The van der Waals surface area contributed by atoms with Gasteiger partial charge < -0.3 is 10.4 Å². The molecule has 1 fully saturated rings. The molecule has 2 N–H and O–H groups in total. The van der Waals surface area contributed by atoms with Gasteiger partial charge in [-0.1, -0.05) is 43.7 Å². The highest BCUT2D eigenvalue weighted by Crippen LogP contribution is 2.33. The molecule has 0 radical (unpaired) electrons. The minimum atomic E-state index is -0.0402. The van der Waals surface area contributed by atoms with Crippen LogP contribution in [0.3, 0.4) is 0 Å². The van der Waals surface area contributed by atoms with Gasteiger partial charge in [-0.15, -0.1) is 0 Å². The highest BCUT2D eigenvalue weighted by molar-refractivity contribution is 5.14. The predicted octanol–water partition coefficient (Wildman–Crippen LogP) is 3.11. The average molecular weight is 247 g/mol. The standard InChI is InChI=1S/C16H25NO/c1-2-14-8-10-16(13-18,11-9-14)17-12-15-6-4-3-5-7-15/h3-7,14,17-18H,2,8-13H2,1H3. The second-order valence-corrected chi connectivity index (χ2v) is 5.63. The first kappa shape index (κ1) is 13.6. The van der Waals surface area contributed by atoms with Crippen LogP contribution in [0, 0.1) is 5.92 Å². The molecule has 0 heterocycles. The van der Waals surface area contributed by atoms with Crippen LogP contribution in [0.5, 0.6) is 0 Å². The molecular formula is C16H25NO. The van der Waals surface area contributed by atoms with Crippen molar-refractivity contribution in [3.8, 4) is 0 Å². The third kappa shape index (κ3) is 3.33. The van der Waals surface area contributed by atoms with Gasteiger partial charge in [-0.2, -0.15) is 0 Å². The van der Waals surface area contributed by atoms with E-state index in [1.54, 1.807) is 0 Å². The Kier molecular flexibility index (Phi) is 4.79. The molecule has 1 saturated carbocycles. The first-order valence-electron chi connectivity index (χ1n) is 7.18. The lowest BCUT2D eigenvalue weighted by Crippen LogP contribution is -2.50. The van der Waals surface area contributed by atoms with Crippen LogP contribution in [0.15, 0.2) is 30.3 Å². The molecule has 0 aromatic heterocycles. The summed E-state index contributed by atoms with van der Waals surface area (Å²) in [6.07, 6.45) is 5.99. The van der Waals surface area contributed by atoms with Crippen molar-refractivity contribution in [2.24, 2.45) is 5.92 Å². The van der Waals surface area contributed by atoms with E-state index in [0.29, 0.717) is 0 Å².